The monoisotopic (exact) mass is 278 g/mol. The van der Waals surface area contributed by atoms with E-state index in [1.165, 1.54) is 10.7 Å². The highest BCUT2D eigenvalue weighted by Crippen LogP contribution is 2.19. The number of rotatable bonds is 2. The number of carbonyl (C=O) groups is 1. The number of nitrogens with one attached hydrogen (secondary N) is 1. The lowest BCUT2D eigenvalue weighted by Gasteiger charge is -2.11. The minimum absolute atomic E-state index is 0.284. The molecule has 0 atom stereocenters. The highest BCUT2D eigenvalue weighted by Gasteiger charge is 2.14. The molecule has 0 unspecified atom stereocenters. The number of carbonyl (C=O) groups excluding carboxylic acids is 1. The molecule has 1 amide bonds. The summed E-state index contributed by atoms with van der Waals surface area (Å²) in [7, 11) is 0. The minimum atomic E-state index is -0.745. The summed E-state index contributed by atoms with van der Waals surface area (Å²) in [5.74, 6) is 4.27. The number of aryl methyl sites for hydroxylation is 1. The van der Waals surface area contributed by atoms with Gasteiger partial charge >= 0.3 is 0 Å². The first-order chi connectivity index (χ1) is 9.04. The van der Waals surface area contributed by atoms with Crippen LogP contribution in [0.2, 0.25) is 5.02 Å². The first kappa shape index (κ1) is 13.3. The normalized spacial score (nSPS) is 10.3. The molecule has 19 heavy (non-hydrogen) atoms. The molecule has 3 N–H and O–H groups in total. The van der Waals surface area contributed by atoms with Gasteiger partial charge in [-0.05, 0) is 19.1 Å². The number of nitrogen functional groups attached to an aromatic ring is 1. The van der Waals surface area contributed by atoms with Crippen molar-refractivity contribution in [2.45, 2.75) is 6.92 Å². The van der Waals surface area contributed by atoms with Crippen molar-refractivity contribution in [1.29, 1.82) is 0 Å². The van der Waals surface area contributed by atoms with E-state index in [-0.39, 0.29) is 5.69 Å². The molecular formula is C12H11ClN4O2. The Labute approximate surface area is 113 Å². The van der Waals surface area contributed by atoms with Gasteiger partial charge in [0.1, 0.15) is 0 Å². The number of hydrogen-bond donors (Lipinski definition) is 2. The van der Waals surface area contributed by atoms with E-state index in [0.717, 1.165) is 0 Å². The van der Waals surface area contributed by atoms with Crippen LogP contribution in [0, 0.1) is 6.92 Å². The second-order valence-corrected chi connectivity index (χ2v) is 4.24. The zero-order valence-electron chi connectivity index (χ0n) is 10.1. The maximum absolute atomic E-state index is 11.7. The van der Waals surface area contributed by atoms with E-state index in [0.29, 0.717) is 16.4 Å². The fourth-order valence-electron chi connectivity index (χ4n) is 1.64. The van der Waals surface area contributed by atoms with Crippen LogP contribution in [0.1, 0.15) is 16.2 Å². The Bertz CT molecular complexity index is 696. The van der Waals surface area contributed by atoms with Crippen LogP contribution in [-0.4, -0.2) is 15.7 Å². The SMILES string of the molecule is Cc1cc(=O)c(C(=O)NN)nn1-c1ccccc1Cl. The van der Waals surface area contributed by atoms with Crippen molar-refractivity contribution in [2.24, 2.45) is 5.84 Å². The Morgan fingerprint density at radius 2 is 2.11 bits per heavy atom. The summed E-state index contributed by atoms with van der Waals surface area (Å²) in [4.78, 5) is 23.2. The molecule has 0 saturated carbocycles. The first-order valence-electron chi connectivity index (χ1n) is 5.41. The molecule has 0 spiro atoms. The molecule has 98 valence electrons. The highest BCUT2D eigenvalue weighted by atomic mass is 35.5. The average molecular weight is 279 g/mol. The lowest BCUT2D eigenvalue weighted by molar-refractivity contribution is 0.0945. The number of para-hydroxylation sites is 1. The molecule has 7 heteroatoms. The van der Waals surface area contributed by atoms with Crippen LogP contribution in [0.5, 0.6) is 0 Å². The van der Waals surface area contributed by atoms with Crippen LogP contribution in [-0.2, 0) is 0 Å². The fraction of sp³-hybridized carbons (Fsp3) is 0.0833. The number of hydrogen-bond acceptors (Lipinski definition) is 4. The molecular weight excluding hydrogens is 268 g/mol. The zero-order valence-corrected chi connectivity index (χ0v) is 10.8. The van der Waals surface area contributed by atoms with Crippen molar-refractivity contribution < 1.29 is 4.79 Å². The van der Waals surface area contributed by atoms with E-state index in [2.05, 4.69) is 5.10 Å². The Morgan fingerprint density at radius 3 is 2.74 bits per heavy atom. The van der Waals surface area contributed by atoms with E-state index < -0.39 is 11.3 Å². The number of halogens is 1. The lowest BCUT2D eigenvalue weighted by Crippen LogP contribution is -2.36. The smallest absolute Gasteiger partial charge is 0.289 e. The van der Waals surface area contributed by atoms with Gasteiger partial charge in [-0.1, -0.05) is 23.7 Å². The van der Waals surface area contributed by atoms with Crippen molar-refractivity contribution in [1.82, 2.24) is 15.2 Å². The maximum atomic E-state index is 11.7. The van der Waals surface area contributed by atoms with Gasteiger partial charge in [0.05, 0.1) is 10.7 Å². The molecule has 0 fully saturated rings. The predicted octanol–water partition coefficient (Wildman–Crippen LogP) is 0.798. The number of aromatic nitrogens is 2. The fourth-order valence-corrected chi connectivity index (χ4v) is 1.86. The van der Waals surface area contributed by atoms with E-state index in [1.54, 1.807) is 31.2 Å². The van der Waals surface area contributed by atoms with Gasteiger partial charge in [-0.2, -0.15) is 5.10 Å². The summed E-state index contributed by atoms with van der Waals surface area (Å²) < 4.78 is 1.42. The Kier molecular flexibility index (Phi) is 3.64. The maximum Gasteiger partial charge on any atom is 0.289 e. The summed E-state index contributed by atoms with van der Waals surface area (Å²) in [6.07, 6.45) is 0. The van der Waals surface area contributed by atoms with E-state index in [4.69, 9.17) is 17.4 Å². The molecule has 2 rings (SSSR count). The topological polar surface area (TPSA) is 90.0 Å². The van der Waals surface area contributed by atoms with E-state index >= 15 is 0 Å². The van der Waals surface area contributed by atoms with Crippen LogP contribution in [0.15, 0.2) is 35.1 Å². The molecule has 0 radical (unpaired) electrons. The number of nitrogens with zero attached hydrogens (tertiary/aromatic N) is 2. The lowest BCUT2D eigenvalue weighted by atomic mass is 10.2. The van der Waals surface area contributed by atoms with Crippen molar-refractivity contribution in [2.75, 3.05) is 0 Å². The van der Waals surface area contributed by atoms with Gasteiger partial charge < -0.3 is 0 Å². The third-order valence-electron chi connectivity index (χ3n) is 2.53. The van der Waals surface area contributed by atoms with Gasteiger partial charge in [-0.15, -0.1) is 0 Å². The molecule has 1 aromatic carbocycles. The Morgan fingerprint density at radius 1 is 1.42 bits per heavy atom. The van der Waals surface area contributed by atoms with Gasteiger partial charge in [0, 0.05) is 11.8 Å². The standard InChI is InChI=1S/C12H11ClN4O2/c1-7-6-10(18)11(12(19)15-14)16-17(7)9-5-3-2-4-8(9)13/h2-6H,14H2,1H3,(H,15,19). The first-order valence-corrected chi connectivity index (χ1v) is 5.79. The molecule has 0 bridgehead atoms. The van der Waals surface area contributed by atoms with Crippen LogP contribution >= 0.6 is 11.6 Å². The summed E-state index contributed by atoms with van der Waals surface area (Å²) >= 11 is 6.07. The highest BCUT2D eigenvalue weighted by molar-refractivity contribution is 6.32. The molecule has 0 aliphatic rings. The second kappa shape index (κ2) is 5.21. The van der Waals surface area contributed by atoms with Gasteiger partial charge in [-0.3, -0.25) is 15.0 Å². The molecule has 0 aliphatic heterocycles. The Balaban J connectivity index is 2.68. The zero-order chi connectivity index (χ0) is 14.0. The Hall–Kier alpha value is -2.18. The summed E-state index contributed by atoms with van der Waals surface area (Å²) in [5.41, 5.74) is 2.24. The number of benzene rings is 1. The van der Waals surface area contributed by atoms with Crippen LogP contribution in [0.25, 0.3) is 5.69 Å². The van der Waals surface area contributed by atoms with Gasteiger partial charge in [-0.25, -0.2) is 10.5 Å². The molecule has 1 aromatic heterocycles. The van der Waals surface area contributed by atoms with Gasteiger partial charge in [0.15, 0.2) is 5.69 Å². The third kappa shape index (κ3) is 2.49. The van der Waals surface area contributed by atoms with Crippen LogP contribution in [0.4, 0.5) is 0 Å². The van der Waals surface area contributed by atoms with Crippen molar-refractivity contribution >= 4 is 17.5 Å². The van der Waals surface area contributed by atoms with Crippen molar-refractivity contribution in [3.8, 4) is 5.69 Å². The quantitative estimate of drug-likeness (QED) is 0.483. The van der Waals surface area contributed by atoms with Crippen LogP contribution in [0.3, 0.4) is 0 Å². The van der Waals surface area contributed by atoms with Crippen molar-refractivity contribution in [3.63, 3.8) is 0 Å². The van der Waals surface area contributed by atoms with Crippen LogP contribution < -0.4 is 16.7 Å². The largest absolute Gasteiger partial charge is 0.289 e. The number of amides is 1. The molecule has 2 aromatic rings. The van der Waals surface area contributed by atoms with Gasteiger partial charge in [0.25, 0.3) is 5.91 Å². The molecule has 6 nitrogen and oxygen atoms in total. The minimum Gasteiger partial charge on any atom is -0.289 e. The van der Waals surface area contributed by atoms with E-state index in [1.807, 2.05) is 5.43 Å². The van der Waals surface area contributed by atoms with E-state index in [9.17, 15) is 9.59 Å². The van der Waals surface area contributed by atoms with Gasteiger partial charge in [0.2, 0.25) is 5.43 Å². The number of nitrogens with two attached hydrogens (primary N) is 1. The molecule has 0 saturated heterocycles. The summed E-state index contributed by atoms with van der Waals surface area (Å²) in [6, 6.07) is 8.29. The average Bonchev–Trinajstić information content (AvgIpc) is 2.39. The third-order valence-corrected chi connectivity index (χ3v) is 2.85. The molecule has 1 heterocycles. The second-order valence-electron chi connectivity index (χ2n) is 3.84. The molecule has 0 aliphatic carbocycles. The summed E-state index contributed by atoms with van der Waals surface area (Å²) in [5, 5.41) is 4.46. The predicted molar refractivity (Wildman–Crippen MR) is 71.2 cm³/mol. The summed E-state index contributed by atoms with van der Waals surface area (Å²) in [6.45, 7) is 1.70. The number of hydrazine groups is 1. The van der Waals surface area contributed by atoms with Crippen molar-refractivity contribution in [3.05, 3.63) is 57.0 Å².